The van der Waals surface area contributed by atoms with E-state index in [4.69, 9.17) is 0 Å². The summed E-state index contributed by atoms with van der Waals surface area (Å²) in [6.45, 7) is 3.85. The first-order valence-electron chi connectivity index (χ1n) is 7.00. The van der Waals surface area contributed by atoms with Gasteiger partial charge in [0.1, 0.15) is 0 Å². The van der Waals surface area contributed by atoms with Gasteiger partial charge in [-0.3, -0.25) is 9.59 Å². The van der Waals surface area contributed by atoms with E-state index < -0.39 is 11.9 Å². The lowest BCUT2D eigenvalue weighted by Gasteiger charge is -2.18. The van der Waals surface area contributed by atoms with Crippen LogP contribution in [0.1, 0.15) is 38.7 Å². The number of benzene rings is 1. The summed E-state index contributed by atoms with van der Waals surface area (Å²) in [5, 5.41) is 12.2. The van der Waals surface area contributed by atoms with Crippen molar-refractivity contribution in [2.45, 2.75) is 39.5 Å². The summed E-state index contributed by atoms with van der Waals surface area (Å²) in [6, 6.07) is 1.99. The Balaban J connectivity index is 3.18. The molecule has 122 valence electrons. The zero-order valence-corrected chi connectivity index (χ0v) is 18.9. The Kier molecular flexibility index (Phi) is 8.90. The molecule has 0 bridgehead atoms. The lowest BCUT2D eigenvalue weighted by atomic mass is 9.97. The van der Waals surface area contributed by atoms with E-state index in [2.05, 4.69) is 73.1 Å². The molecule has 0 saturated carbocycles. The molecule has 0 heterocycles. The van der Waals surface area contributed by atoms with Crippen LogP contribution >= 0.6 is 67.8 Å². The van der Waals surface area contributed by atoms with Crippen molar-refractivity contribution >= 4 is 85.3 Å². The summed E-state index contributed by atoms with van der Waals surface area (Å²) in [4.78, 5) is 23.2. The van der Waals surface area contributed by atoms with Gasteiger partial charge in [-0.15, -0.1) is 0 Å². The highest BCUT2D eigenvalue weighted by Crippen LogP contribution is 2.33. The maximum atomic E-state index is 11.9. The smallest absolute Gasteiger partial charge is 0.306 e. The van der Waals surface area contributed by atoms with Crippen LogP contribution in [0, 0.1) is 16.6 Å². The number of carboxylic acid groups (broad SMARTS) is 1. The fourth-order valence-corrected chi connectivity index (χ4v) is 6.10. The molecule has 1 aromatic carbocycles. The van der Waals surface area contributed by atoms with Crippen LogP contribution in [0.3, 0.4) is 0 Å². The second kappa shape index (κ2) is 9.60. The number of anilines is 1. The van der Waals surface area contributed by atoms with Gasteiger partial charge >= 0.3 is 5.97 Å². The van der Waals surface area contributed by atoms with E-state index in [-0.39, 0.29) is 5.91 Å². The second-order valence-corrected chi connectivity index (χ2v) is 8.36. The number of hydrogen-bond donors (Lipinski definition) is 2. The van der Waals surface area contributed by atoms with Crippen LogP contribution < -0.4 is 5.32 Å². The van der Waals surface area contributed by atoms with E-state index in [0.29, 0.717) is 19.3 Å². The van der Waals surface area contributed by atoms with E-state index >= 15 is 0 Å². The van der Waals surface area contributed by atoms with Crippen molar-refractivity contribution < 1.29 is 14.7 Å². The van der Waals surface area contributed by atoms with Crippen LogP contribution in [0.25, 0.3) is 0 Å². The van der Waals surface area contributed by atoms with Crippen LogP contribution in [0.4, 0.5) is 5.69 Å². The largest absolute Gasteiger partial charge is 0.481 e. The molecule has 0 radical (unpaired) electrons. The number of rotatable bonds is 7. The Hall–Kier alpha value is 0.350. The summed E-state index contributed by atoms with van der Waals surface area (Å²) in [5.74, 6) is -1.18. The van der Waals surface area contributed by atoms with Crippen molar-refractivity contribution in [1.29, 1.82) is 0 Å². The molecule has 1 aromatic rings. The summed E-state index contributed by atoms with van der Waals surface area (Å²) in [7, 11) is 0. The molecule has 0 spiro atoms. The van der Waals surface area contributed by atoms with Gasteiger partial charge in [0, 0.05) is 17.1 Å². The summed E-state index contributed by atoms with van der Waals surface area (Å²) in [6.07, 6.45) is 2.36. The molecule has 22 heavy (non-hydrogen) atoms. The van der Waals surface area contributed by atoms with Gasteiger partial charge < -0.3 is 10.4 Å². The molecular formula is C15H18I3NO3. The van der Waals surface area contributed by atoms with E-state index in [9.17, 15) is 14.7 Å². The van der Waals surface area contributed by atoms with Crippen LogP contribution in [0.15, 0.2) is 6.07 Å². The van der Waals surface area contributed by atoms with Crippen molar-refractivity contribution in [2.75, 3.05) is 5.32 Å². The van der Waals surface area contributed by atoms with Crippen molar-refractivity contribution in [3.05, 3.63) is 22.3 Å². The molecule has 0 unspecified atom stereocenters. The average Bonchev–Trinajstić information content (AvgIpc) is 2.43. The number of aliphatic carboxylic acids is 1. The first-order valence-corrected chi connectivity index (χ1v) is 10.2. The number of carbonyl (C=O) groups excluding carboxylic acids is 1. The molecule has 0 saturated heterocycles. The summed E-state index contributed by atoms with van der Waals surface area (Å²) >= 11 is 6.65. The summed E-state index contributed by atoms with van der Waals surface area (Å²) in [5.41, 5.74) is 1.80. The van der Waals surface area contributed by atoms with E-state index in [1.165, 1.54) is 0 Å². The van der Waals surface area contributed by atoms with Gasteiger partial charge in [0.05, 0.1) is 11.6 Å². The lowest BCUT2D eigenvalue weighted by Crippen LogP contribution is -2.18. The van der Waals surface area contributed by atoms with Crippen LogP contribution in [-0.2, 0) is 16.0 Å². The minimum Gasteiger partial charge on any atom is -0.481 e. The number of nitrogens with one attached hydrogen (secondary N) is 1. The highest BCUT2D eigenvalue weighted by Gasteiger charge is 2.22. The van der Waals surface area contributed by atoms with Crippen LogP contribution in [0.5, 0.6) is 0 Å². The Morgan fingerprint density at radius 3 is 2.36 bits per heavy atom. The molecule has 1 amide bonds. The molecule has 1 rings (SSSR count). The SMILES string of the molecule is CCCC(=O)Nc1c(I)cc(I)c(C[C@@H](CC)C(=O)O)c1I. The Bertz CT molecular complexity index is 576. The van der Waals surface area contributed by atoms with E-state index in [1.54, 1.807) is 0 Å². The zero-order valence-electron chi connectivity index (χ0n) is 12.4. The quantitative estimate of drug-likeness (QED) is 0.417. The fourth-order valence-electron chi connectivity index (χ4n) is 2.01. The van der Waals surface area contributed by atoms with Gasteiger partial charge in [-0.2, -0.15) is 0 Å². The predicted octanol–water partition coefficient (Wildman–Crippen LogP) is 4.89. The fraction of sp³-hybridized carbons (Fsp3) is 0.467. The predicted molar refractivity (Wildman–Crippen MR) is 113 cm³/mol. The molecule has 1 atom stereocenters. The first kappa shape index (κ1) is 20.4. The Morgan fingerprint density at radius 1 is 1.23 bits per heavy atom. The number of halogens is 3. The molecule has 2 N–H and O–H groups in total. The molecule has 7 heteroatoms. The van der Waals surface area contributed by atoms with Gasteiger partial charge in [0.25, 0.3) is 0 Å². The normalized spacial score (nSPS) is 12.0. The van der Waals surface area contributed by atoms with Crippen molar-refractivity contribution in [3.63, 3.8) is 0 Å². The average molecular weight is 641 g/mol. The van der Waals surface area contributed by atoms with Crippen LogP contribution in [0.2, 0.25) is 0 Å². The maximum Gasteiger partial charge on any atom is 0.306 e. The minimum atomic E-state index is -0.774. The molecule has 0 aliphatic carbocycles. The Morgan fingerprint density at radius 2 is 1.86 bits per heavy atom. The first-order chi connectivity index (χ1) is 10.3. The van der Waals surface area contributed by atoms with Gasteiger partial charge in [0.15, 0.2) is 0 Å². The van der Waals surface area contributed by atoms with Gasteiger partial charge in [0.2, 0.25) is 5.91 Å². The second-order valence-electron chi connectivity index (χ2n) is 4.95. The minimum absolute atomic E-state index is 0.00392. The third-order valence-electron chi connectivity index (χ3n) is 3.30. The maximum absolute atomic E-state index is 11.9. The Labute approximate surface area is 171 Å². The number of carboxylic acids is 1. The molecule has 0 aliphatic rings. The molecule has 4 nitrogen and oxygen atoms in total. The summed E-state index contributed by atoms with van der Waals surface area (Å²) < 4.78 is 2.96. The standard InChI is InChI=1S/C15H18I3NO3/c1-3-5-12(20)19-14-11(17)7-10(16)9(13(14)18)6-8(4-2)15(21)22/h7-8H,3-6H2,1-2H3,(H,19,20)(H,21,22)/t8-/m1/s1. The third-order valence-corrected chi connectivity index (χ3v) is 6.30. The van der Waals surface area contributed by atoms with Gasteiger partial charge in [-0.05, 0) is 98.7 Å². The number of hydrogen-bond acceptors (Lipinski definition) is 2. The number of carbonyl (C=O) groups is 2. The van der Waals surface area contributed by atoms with Gasteiger partial charge in [-0.1, -0.05) is 13.8 Å². The van der Waals surface area contributed by atoms with Crippen molar-refractivity contribution in [3.8, 4) is 0 Å². The molecule has 0 aromatic heterocycles. The van der Waals surface area contributed by atoms with E-state index in [1.807, 2.05) is 19.9 Å². The van der Waals surface area contributed by atoms with Gasteiger partial charge in [-0.25, -0.2) is 0 Å². The number of amides is 1. The molecule has 0 fully saturated rings. The lowest BCUT2D eigenvalue weighted by molar-refractivity contribution is -0.141. The topological polar surface area (TPSA) is 66.4 Å². The van der Waals surface area contributed by atoms with Crippen molar-refractivity contribution in [2.24, 2.45) is 5.92 Å². The molecule has 0 aliphatic heterocycles. The monoisotopic (exact) mass is 641 g/mol. The van der Waals surface area contributed by atoms with Crippen molar-refractivity contribution in [1.82, 2.24) is 0 Å². The van der Waals surface area contributed by atoms with Crippen LogP contribution in [-0.4, -0.2) is 17.0 Å². The zero-order chi connectivity index (χ0) is 16.9. The molecular weight excluding hydrogens is 623 g/mol. The third kappa shape index (κ3) is 5.46. The van der Waals surface area contributed by atoms with E-state index in [0.717, 1.165) is 28.4 Å². The highest BCUT2D eigenvalue weighted by molar-refractivity contribution is 14.1. The highest BCUT2D eigenvalue weighted by atomic mass is 127.